The highest BCUT2D eigenvalue weighted by atomic mass is 35.5. The fraction of sp³-hybridized carbons (Fsp3) is 0.909. The Hall–Kier alpha value is -0.320. The van der Waals surface area contributed by atoms with Crippen molar-refractivity contribution < 1.29 is 14.3 Å². The Balaban J connectivity index is 0.00000128. The lowest BCUT2D eigenvalue weighted by molar-refractivity contribution is -0.141. The molecule has 94 valence electrons. The van der Waals surface area contributed by atoms with Crippen LogP contribution in [0.1, 0.15) is 25.7 Å². The van der Waals surface area contributed by atoms with Gasteiger partial charge in [0.25, 0.3) is 0 Å². The van der Waals surface area contributed by atoms with Gasteiger partial charge in [0.1, 0.15) is 0 Å². The van der Waals surface area contributed by atoms with Crippen LogP contribution in [-0.2, 0) is 14.3 Å². The Bertz CT molecular complexity index is 241. The fourth-order valence-corrected chi connectivity index (χ4v) is 2.64. The van der Waals surface area contributed by atoms with Gasteiger partial charge in [-0.05, 0) is 24.7 Å². The largest absolute Gasteiger partial charge is 0.469 e. The zero-order valence-electron chi connectivity index (χ0n) is 9.66. The van der Waals surface area contributed by atoms with Gasteiger partial charge < -0.3 is 14.8 Å². The second kappa shape index (κ2) is 5.84. The Morgan fingerprint density at radius 2 is 2.19 bits per heavy atom. The first kappa shape index (κ1) is 13.7. The third-order valence-corrected chi connectivity index (χ3v) is 3.64. The molecule has 0 amide bonds. The summed E-state index contributed by atoms with van der Waals surface area (Å²) < 4.78 is 10.1. The van der Waals surface area contributed by atoms with Crippen molar-refractivity contribution in [3.8, 4) is 0 Å². The van der Waals surface area contributed by atoms with Gasteiger partial charge in [-0.2, -0.15) is 0 Å². The van der Waals surface area contributed by atoms with Crippen molar-refractivity contribution in [2.45, 2.75) is 31.7 Å². The highest BCUT2D eigenvalue weighted by molar-refractivity contribution is 5.85. The number of nitrogens with one attached hydrogen (secondary N) is 1. The summed E-state index contributed by atoms with van der Waals surface area (Å²) in [6.07, 6.45) is 3.83. The predicted molar refractivity (Wildman–Crippen MR) is 62.8 cm³/mol. The molecule has 16 heavy (non-hydrogen) atoms. The standard InChI is InChI=1S/C11H19NO3.ClH/c1-14-10(13)6-9-7-11(8-12-9)2-4-15-5-3-11;/h9,12H,2-8H2,1H3;1H. The molecule has 0 saturated carbocycles. The number of hydrogen-bond acceptors (Lipinski definition) is 4. The molecule has 0 bridgehead atoms. The van der Waals surface area contributed by atoms with E-state index in [0.717, 1.165) is 39.0 Å². The maximum Gasteiger partial charge on any atom is 0.307 e. The molecule has 2 saturated heterocycles. The maximum atomic E-state index is 11.2. The van der Waals surface area contributed by atoms with Crippen LogP contribution in [0.4, 0.5) is 0 Å². The van der Waals surface area contributed by atoms with Crippen molar-refractivity contribution in [1.82, 2.24) is 5.32 Å². The van der Waals surface area contributed by atoms with Crippen molar-refractivity contribution in [2.75, 3.05) is 26.9 Å². The van der Waals surface area contributed by atoms with Crippen LogP contribution in [0.2, 0.25) is 0 Å². The third-order valence-electron chi connectivity index (χ3n) is 3.64. The average molecular weight is 250 g/mol. The van der Waals surface area contributed by atoms with Crippen molar-refractivity contribution in [1.29, 1.82) is 0 Å². The average Bonchev–Trinajstić information content (AvgIpc) is 2.62. The Morgan fingerprint density at radius 1 is 1.50 bits per heavy atom. The van der Waals surface area contributed by atoms with E-state index in [1.54, 1.807) is 0 Å². The first-order valence-corrected chi connectivity index (χ1v) is 5.62. The molecule has 1 atom stereocenters. The van der Waals surface area contributed by atoms with Crippen molar-refractivity contribution in [2.24, 2.45) is 5.41 Å². The molecule has 2 aliphatic rings. The molecule has 0 radical (unpaired) electrons. The van der Waals surface area contributed by atoms with E-state index in [0.29, 0.717) is 17.9 Å². The molecule has 1 N–H and O–H groups in total. The second-order valence-corrected chi connectivity index (χ2v) is 4.67. The van der Waals surface area contributed by atoms with Gasteiger partial charge in [0.05, 0.1) is 13.5 Å². The van der Waals surface area contributed by atoms with Gasteiger partial charge in [-0.25, -0.2) is 0 Å². The van der Waals surface area contributed by atoms with Gasteiger partial charge in [-0.1, -0.05) is 0 Å². The quantitative estimate of drug-likeness (QED) is 0.746. The number of methoxy groups -OCH3 is 1. The van der Waals surface area contributed by atoms with E-state index in [4.69, 9.17) is 4.74 Å². The topological polar surface area (TPSA) is 47.6 Å². The second-order valence-electron chi connectivity index (χ2n) is 4.67. The number of carbonyl (C=O) groups is 1. The first-order chi connectivity index (χ1) is 7.24. The van der Waals surface area contributed by atoms with Crippen molar-refractivity contribution in [3.63, 3.8) is 0 Å². The summed E-state index contributed by atoms with van der Waals surface area (Å²) in [5, 5.41) is 3.43. The lowest BCUT2D eigenvalue weighted by Crippen LogP contribution is -2.31. The minimum absolute atomic E-state index is 0. The van der Waals surface area contributed by atoms with Crippen LogP contribution in [0, 0.1) is 5.41 Å². The summed E-state index contributed by atoms with van der Waals surface area (Å²) in [4.78, 5) is 11.2. The zero-order valence-corrected chi connectivity index (χ0v) is 10.5. The van der Waals surface area contributed by atoms with Crippen molar-refractivity contribution >= 4 is 18.4 Å². The lowest BCUT2D eigenvalue weighted by Gasteiger charge is -2.32. The van der Waals surface area contributed by atoms with Gasteiger partial charge in [0.15, 0.2) is 0 Å². The molecular formula is C11H20ClNO3. The summed E-state index contributed by atoms with van der Waals surface area (Å²) in [5.41, 5.74) is 0.386. The van der Waals surface area contributed by atoms with E-state index in [-0.39, 0.29) is 18.4 Å². The number of hydrogen-bond donors (Lipinski definition) is 1. The van der Waals surface area contributed by atoms with E-state index in [9.17, 15) is 4.79 Å². The van der Waals surface area contributed by atoms with Crippen LogP contribution >= 0.6 is 12.4 Å². The molecule has 2 heterocycles. The molecule has 2 fully saturated rings. The normalized spacial score (nSPS) is 27.4. The molecule has 2 aliphatic heterocycles. The highest BCUT2D eigenvalue weighted by Gasteiger charge is 2.40. The van der Waals surface area contributed by atoms with E-state index < -0.39 is 0 Å². The third kappa shape index (κ3) is 3.09. The van der Waals surface area contributed by atoms with E-state index in [1.807, 2.05) is 0 Å². The van der Waals surface area contributed by atoms with Crippen LogP contribution in [0.5, 0.6) is 0 Å². The molecule has 2 rings (SSSR count). The van der Waals surface area contributed by atoms with Crippen LogP contribution < -0.4 is 5.32 Å². The van der Waals surface area contributed by atoms with Crippen molar-refractivity contribution in [3.05, 3.63) is 0 Å². The summed E-state index contributed by atoms with van der Waals surface area (Å²) in [5.74, 6) is -0.114. The Kier molecular flexibility index (Phi) is 5.02. The van der Waals surface area contributed by atoms with Gasteiger partial charge in [0.2, 0.25) is 0 Å². The Labute approximate surface area is 102 Å². The molecule has 4 nitrogen and oxygen atoms in total. The minimum atomic E-state index is -0.114. The zero-order chi connectivity index (χ0) is 10.7. The van der Waals surface area contributed by atoms with Crippen LogP contribution in [0.15, 0.2) is 0 Å². The summed E-state index contributed by atoms with van der Waals surface area (Å²) in [6.45, 7) is 2.76. The number of esters is 1. The van der Waals surface area contributed by atoms with Crippen LogP contribution in [0.25, 0.3) is 0 Å². The fourth-order valence-electron chi connectivity index (χ4n) is 2.64. The van der Waals surface area contributed by atoms with Gasteiger partial charge >= 0.3 is 5.97 Å². The number of halogens is 1. The molecule has 1 spiro atoms. The molecule has 0 aromatic carbocycles. The van der Waals surface area contributed by atoms with Crippen LogP contribution in [-0.4, -0.2) is 38.9 Å². The molecular weight excluding hydrogens is 230 g/mol. The molecule has 0 aromatic heterocycles. The smallest absolute Gasteiger partial charge is 0.307 e. The van der Waals surface area contributed by atoms with Crippen LogP contribution in [0.3, 0.4) is 0 Å². The SMILES string of the molecule is COC(=O)CC1CC2(CCOCC2)CN1.Cl. The Morgan fingerprint density at radius 3 is 2.81 bits per heavy atom. The highest BCUT2D eigenvalue weighted by Crippen LogP contribution is 2.39. The van der Waals surface area contributed by atoms with Gasteiger partial charge in [-0.15, -0.1) is 12.4 Å². The predicted octanol–water partition coefficient (Wildman–Crippen LogP) is 1.13. The summed E-state index contributed by atoms with van der Waals surface area (Å²) in [6, 6.07) is 0.301. The summed E-state index contributed by atoms with van der Waals surface area (Å²) in [7, 11) is 1.45. The van der Waals surface area contributed by atoms with E-state index in [1.165, 1.54) is 7.11 Å². The number of carbonyl (C=O) groups excluding carboxylic acids is 1. The first-order valence-electron chi connectivity index (χ1n) is 5.62. The minimum Gasteiger partial charge on any atom is -0.469 e. The summed E-state index contributed by atoms with van der Waals surface area (Å²) >= 11 is 0. The van der Waals surface area contributed by atoms with E-state index in [2.05, 4.69) is 10.1 Å². The van der Waals surface area contributed by atoms with Gasteiger partial charge in [-0.3, -0.25) is 4.79 Å². The van der Waals surface area contributed by atoms with Gasteiger partial charge in [0, 0.05) is 25.8 Å². The number of rotatable bonds is 2. The van der Waals surface area contributed by atoms with E-state index >= 15 is 0 Å². The monoisotopic (exact) mass is 249 g/mol. The lowest BCUT2D eigenvalue weighted by atomic mass is 9.78. The molecule has 1 unspecified atom stereocenters. The molecule has 0 aliphatic carbocycles. The molecule has 0 aromatic rings. The number of ether oxygens (including phenoxy) is 2. The maximum absolute atomic E-state index is 11.2. The molecule has 5 heteroatoms.